The summed E-state index contributed by atoms with van der Waals surface area (Å²) in [6.07, 6.45) is -2.17. The first kappa shape index (κ1) is 13.4. The first-order chi connectivity index (χ1) is 8.32. The summed E-state index contributed by atoms with van der Waals surface area (Å²) in [7, 11) is -3.81. The average molecular weight is 275 g/mol. The van der Waals surface area contributed by atoms with Crippen LogP contribution in [0, 0.1) is 12.7 Å². The van der Waals surface area contributed by atoms with Crippen LogP contribution in [0.3, 0.4) is 0 Å². The molecule has 0 saturated carbocycles. The second kappa shape index (κ2) is 4.58. The van der Waals surface area contributed by atoms with Crippen LogP contribution >= 0.6 is 0 Å². The van der Waals surface area contributed by atoms with Gasteiger partial charge in [-0.25, -0.2) is 12.8 Å². The van der Waals surface area contributed by atoms with Gasteiger partial charge in [-0.2, -0.15) is 4.31 Å². The smallest absolute Gasteiger partial charge is 0.243 e. The molecule has 1 saturated heterocycles. The van der Waals surface area contributed by atoms with Gasteiger partial charge in [-0.1, -0.05) is 0 Å². The molecule has 0 bridgehead atoms. The first-order valence-electron chi connectivity index (χ1n) is 5.45. The zero-order valence-corrected chi connectivity index (χ0v) is 10.6. The van der Waals surface area contributed by atoms with Gasteiger partial charge < -0.3 is 10.2 Å². The SMILES string of the molecule is Cc1cc(F)ccc1S(=O)(=O)N1C[C@@H](O)[C@@H](O)C1. The summed E-state index contributed by atoms with van der Waals surface area (Å²) in [5.74, 6) is -0.507. The van der Waals surface area contributed by atoms with Gasteiger partial charge in [0.25, 0.3) is 0 Å². The third-order valence-electron chi connectivity index (χ3n) is 2.98. The number of hydrogen-bond donors (Lipinski definition) is 2. The molecule has 2 atom stereocenters. The number of hydrogen-bond acceptors (Lipinski definition) is 4. The van der Waals surface area contributed by atoms with Gasteiger partial charge in [0, 0.05) is 13.1 Å². The highest BCUT2D eigenvalue weighted by Gasteiger charge is 2.38. The Morgan fingerprint density at radius 2 is 1.83 bits per heavy atom. The van der Waals surface area contributed by atoms with Crippen molar-refractivity contribution in [1.82, 2.24) is 4.31 Å². The fourth-order valence-electron chi connectivity index (χ4n) is 1.97. The number of nitrogens with zero attached hydrogens (tertiary/aromatic N) is 1. The minimum absolute atomic E-state index is 0.00907. The molecule has 0 unspecified atom stereocenters. The van der Waals surface area contributed by atoms with Crippen LogP contribution < -0.4 is 0 Å². The molecule has 1 fully saturated rings. The van der Waals surface area contributed by atoms with Crippen LogP contribution in [0.15, 0.2) is 23.1 Å². The highest BCUT2D eigenvalue weighted by molar-refractivity contribution is 7.89. The molecule has 0 aliphatic carbocycles. The minimum atomic E-state index is -3.81. The molecule has 0 aromatic heterocycles. The summed E-state index contributed by atoms with van der Waals surface area (Å²) in [6.45, 7) is 1.19. The Kier molecular flexibility index (Phi) is 3.41. The summed E-state index contributed by atoms with van der Waals surface area (Å²) < 4.78 is 38.4. The Bertz CT molecular complexity index is 550. The number of aliphatic hydroxyl groups is 2. The lowest BCUT2D eigenvalue weighted by Gasteiger charge is -2.17. The van der Waals surface area contributed by atoms with Crippen molar-refractivity contribution in [3.63, 3.8) is 0 Å². The van der Waals surface area contributed by atoms with Gasteiger partial charge in [0.15, 0.2) is 0 Å². The Balaban J connectivity index is 2.37. The summed E-state index contributed by atoms with van der Waals surface area (Å²) in [4.78, 5) is -0.00907. The normalized spacial score (nSPS) is 25.6. The number of halogens is 1. The molecule has 2 rings (SSSR count). The van der Waals surface area contributed by atoms with Crippen molar-refractivity contribution in [3.8, 4) is 0 Å². The fraction of sp³-hybridized carbons (Fsp3) is 0.455. The van der Waals surface area contributed by atoms with E-state index in [1.807, 2.05) is 0 Å². The molecule has 1 aliphatic heterocycles. The molecule has 5 nitrogen and oxygen atoms in total. The summed E-state index contributed by atoms with van der Waals surface area (Å²) >= 11 is 0. The standard InChI is InChI=1S/C11H14FNO4S/c1-7-4-8(12)2-3-11(7)18(16,17)13-5-9(14)10(15)6-13/h2-4,9-10,14-15H,5-6H2,1H3/t9-,10+. The van der Waals surface area contributed by atoms with Gasteiger partial charge >= 0.3 is 0 Å². The van der Waals surface area contributed by atoms with Crippen molar-refractivity contribution in [2.24, 2.45) is 0 Å². The number of β-amino-alcohol motifs (C(OH)–C–C–N with tert-alkyl or cyclic N) is 2. The highest BCUT2D eigenvalue weighted by Crippen LogP contribution is 2.24. The predicted octanol–water partition coefficient (Wildman–Crippen LogP) is -0.140. The third-order valence-corrected chi connectivity index (χ3v) is 4.97. The van der Waals surface area contributed by atoms with E-state index in [1.54, 1.807) is 0 Å². The van der Waals surface area contributed by atoms with Crippen LogP contribution in [0.4, 0.5) is 4.39 Å². The van der Waals surface area contributed by atoms with Crippen LogP contribution in [0.5, 0.6) is 0 Å². The van der Waals surface area contributed by atoms with E-state index in [1.165, 1.54) is 13.0 Å². The summed E-state index contributed by atoms with van der Waals surface area (Å²) in [6, 6.07) is 3.40. The van der Waals surface area contributed by atoms with E-state index in [0.717, 1.165) is 16.4 Å². The van der Waals surface area contributed by atoms with Gasteiger partial charge in [0.1, 0.15) is 5.82 Å². The molecular formula is C11H14FNO4S. The van der Waals surface area contributed by atoms with Crippen molar-refractivity contribution in [2.75, 3.05) is 13.1 Å². The number of benzene rings is 1. The molecule has 1 heterocycles. The Labute approximate surface area is 105 Å². The molecule has 0 spiro atoms. The lowest BCUT2D eigenvalue weighted by molar-refractivity contribution is 0.0572. The minimum Gasteiger partial charge on any atom is -0.389 e. The van der Waals surface area contributed by atoms with Crippen LogP contribution in [-0.4, -0.2) is 48.2 Å². The van der Waals surface area contributed by atoms with E-state index in [9.17, 15) is 23.0 Å². The van der Waals surface area contributed by atoms with E-state index in [4.69, 9.17) is 0 Å². The molecular weight excluding hydrogens is 261 g/mol. The van der Waals surface area contributed by atoms with Gasteiger partial charge in [-0.05, 0) is 30.7 Å². The monoisotopic (exact) mass is 275 g/mol. The Morgan fingerprint density at radius 1 is 1.28 bits per heavy atom. The molecule has 0 radical (unpaired) electrons. The topological polar surface area (TPSA) is 77.8 Å². The Morgan fingerprint density at radius 3 is 2.33 bits per heavy atom. The lowest BCUT2D eigenvalue weighted by Crippen LogP contribution is -2.30. The van der Waals surface area contributed by atoms with Crippen LogP contribution in [0.25, 0.3) is 0 Å². The van der Waals surface area contributed by atoms with Crippen molar-refractivity contribution in [2.45, 2.75) is 24.0 Å². The fourth-order valence-corrected chi connectivity index (χ4v) is 3.65. The molecule has 1 aromatic rings. The quantitative estimate of drug-likeness (QED) is 0.787. The maximum Gasteiger partial charge on any atom is 0.243 e. The van der Waals surface area contributed by atoms with E-state index in [2.05, 4.69) is 0 Å². The van der Waals surface area contributed by atoms with Crippen molar-refractivity contribution >= 4 is 10.0 Å². The van der Waals surface area contributed by atoms with Gasteiger partial charge in [-0.3, -0.25) is 0 Å². The maximum atomic E-state index is 12.9. The van der Waals surface area contributed by atoms with Crippen molar-refractivity contribution < 1.29 is 23.0 Å². The third kappa shape index (κ3) is 2.26. The number of aryl methyl sites for hydroxylation is 1. The summed E-state index contributed by atoms with van der Waals surface area (Å²) in [5.41, 5.74) is 0.297. The number of rotatable bonds is 2. The zero-order chi connectivity index (χ0) is 13.5. The molecule has 1 aromatic carbocycles. The van der Waals surface area contributed by atoms with E-state index in [0.29, 0.717) is 5.56 Å². The van der Waals surface area contributed by atoms with Crippen LogP contribution in [-0.2, 0) is 10.0 Å². The van der Waals surface area contributed by atoms with Gasteiger partial charge in [0.2, 0.25) is 10.0 Å². The van der Waals surface area contributed by atoms with Gasteiger partial charge in [0.05, 0.1) is 17.1 Å². The zero-order valence-electron chi connectivity index (χ0n) is 9.75. The second-order valence-electron chi connectivity index (χ2n) is 4.37. The van der Waals surface area contributed by atoms with Crippen molar-refractivity contribution in [1.29, 1.82) is 0 Å². The Hall–Kier alpha value is -1.02. The molecule has 18 heavy (non-hydrogen) atoms. The average Bonchev–Trinajstić information content (AvgIpc) is 2.59. The maximum absolute atomic E-state index is 12.9. The largest absolute Gasteiger partial charge is 0.389 e. The summed E-state index contributed by atoms with van der Waals surface area (Å²) in [5, 5.41) is 18.8. The van der Waals surface area contributed by atoms with E-state index in [-0.39, 0.29) is 18.0 Å². The van der Waals surface area contributed by atoms with Crippen molar-refractivity contribution in [3.05, 3.63) is 29.6 Å². The molecule has 0 amide bonds. The van der Waals surface area contributed by atoms with E-state index < -0.39 is 28.0 Å². The first-order valence-corrected chi connectivity index (χ1v) is 6.89. The van der Waals surface area contributed by atoms with Crippen LogP contribution in [0.2, 0.25) is 0 Å². The predicted molar refractivity (Wildman–Crippen MR) is 61.9 cm³/mol. The van der Waals surface area contributed by atoms with Crippen LogP contribution in [0.1, 0.15) is 5.56 Å². The molecule has 7 heteroatoms. The molecule has 2 N–H and O–H groups in total. The molecule has 1 aliphatic rings. The number of sulfonamides is 1. The lowest BCUT2D eigenvalue weighted by atomic mass is 10.2. The second-order valence-corrected chi connectivity index (χ2v) is 6.27. The highest BCUT2D eigenvalue weighted by atomic mass is 32.2. The van der Waals surface area contributed by atoms with Gasteiger partial charge in [-0.15, -0.1) is 0 Å². The molecule has 100 valence electrons. The number of aliphatic hydroxyl groups excluding tert-OH is 2. The van der Waals surface area contributed by atoms with E-state index >= 15 is 0 Å².